The molecule has 13 heteroatoms. The summed E-state index contributed by atoms with van der Waals surface area (Å²) in [4.78, 5) is 25.5. The highest BCUT2D eigenvalue weighted by molar-refractivity contribution is 6.84. The Hall–Kier alpha value is -1.91. The van der Waals surface area contributed by atoms with Crippen LogP contribution in [0.15, 0.2) is 12.7 Å². The first-order valence-corrected chi connectivity index (χ1v) is 17.5. The van der Waals surface area contributed by atoms with Gasteiger partial charge in [0, 0.05) is 6.42 Å². The third-order valence-corrected chi connectivity index (χ3v) is 17.9. The minimum atomic E-state index is -3.12. The second-order valence-corrected chi connectivity index (χ2v) is 20.2. The van der Waals surface area contributed by atoms with Crippen molar-refractivity contribution in [2.24, 2.45) is 0 Å². The predicted molar refractivity (Wildman–Crippen MR) is 148 cm³/mol. The van der Waals surface area contributed by atoms with E-state index in [0.29, 0.717) is 11.2 Å². The molecule has 0 bridgehead atoms. The lowest BCUT2D eigenvalue weighted by molar-refractivity contribution is -0.158. The maximum atomic E-state index is 12.8. The summed E-state index contributed by atoms with van der Waals surface area (Å²) in [6.07, 6.45) is -1.88. The molecule has 11 nitrogen and oxygen atoms in total. The molecule has 2 aliphatic rings. The first-order valence-electron chi connectivity index (χ1n) is 14.1. The fourth-order valence-electron chi connectivity index (χ4n) is 5.57. The molecule has 2 N–H and O–H groups in total. The van der Waals surface area contributed by atoms with Gasteiger partial charge in [-0.2, -0.15) is 0 Å². The number of carbonyl (C=O) groups excluding carboxylic acids is 1. The van der Waals surface area contributed by atoms with Gasteiger partial charge in [-0.3, -0.25) is 9.36 Å². The van der Waals surface area contributed by atoms with Crippen LogP contribution in [0.1, 0.15) is 76.3 Å². The van der Waals surface area contributed by atoms with Gasteiger partial charge in [-0.05, 0) is 22.2 Å². The van der Waals surface area contributed by atoms with Gasteiger partial charge in [0.1, 0.15) is 24.1 Å². The summed E-state index contributed by atoms with van der Waals surface area (Å²) in [6, 6.07) is 0. The van der Waals surface area contributed by atoms with E-state index in [9.17, 15) is 6.17 Å². The first kappa shape index (κ1) is 27.7. The summed E-state index contributed by atoms with van der Waals surface area (Å²) in [5.74, 6) is -0.340. The largest absolute Gasteiger partial charge is 0.455 e. The molecular weight excluding hydrogens is 522 g/mol. The van der Waals surface area contributed by atoms with Gasteiger partial charge in [0.25, 0.3) is 0 Å². The van der Waals surface area contributed by atoms with E-state index < -0.39 is 47.6 Å². The van der Waals surface area contributed by atoms with E-state index in [4.69, 9.17) is 28.2 Å². The van der Waals surface area contributed by atoms with Crippen molar-refractivity contribution < 1.29 is 28.6 Å². The van der Waals surface area contributed by atoms with Crippen LogP contribution in [0.4, 0.5) is 5.82 Å². The fraction of sp³-hybridized carbons (Fsp3) is 0.760. The molecule has 2 saturated heterocycles. The monoisotopic (exact) mass is 566 g/mol. The Labute approximate surface area is 228 Å². The molecule has 0 amide bonds. The van der Waals surface area contributed by atoms with E-state index in [1.165, 1.54) is 12.7 Å². The van der Waals surface area contributed by atoms with Crippen LogP contribution in [0.25, 0.3) is 11.2 Å². The van der Waals surface area contributed by atoms with Gasteiger partial charge in [0.15, 0.2) is 23.8 Å². The molecule has 2 aromatic heterocycles. The van der Waals surface area contributed by atoms with E-state index in [1.807, 2.05) is 0 Å². The molecule has 0 aliphatic carbocycles. The number of anilines is 1. The molecule has 0 saturated carbocycles. The summed E-state index contributed by atoms with van der Waals surface area (Å²) >= 11 is 0. The SMILES string of the molecule is [2H][C@@]1(OC(=O)CC)[C@@H]2O[Si](C(C)C)(C(C)C)O[Si](C(C)C)(C(C)C)OC[C@H]2O[C@H]1n1cnc2c(N)ncnc21. The van der Waals surface area contributed by atoms with Crippen molar-refractivity contribution in [2.45, 2.75) is 115 Å². The van der Waals surface area contributed by atoms with Crippen LogP contribution in [-0.4, -0.2) is 67.5 Å². The maximum absolute atomic E-state index is 12.8. The number of ether oxygens (including phenoxy) is 2. The van der Waals surface area contributed by atoms with E-state index in [-0.39, 0.29) is 41.0 Å². The highest BCUT2D eigenvalue weighted by Gasteiger charge is 2.62. The van der Waals surface area contributed by atoms with Crippen LogP contribution in [0, 0.1) is 0 Å². The molecule has 0 unspecified atom stereocenters. The molecule has 2 aliphatic heterocycles. The lowest BCUT2D eigenvalue weighted by Crippen LogP contribution is -2.66. The highest BCUT2D eigenvalue weighted by atomic mass is 28.5. The molecule has 0 radical (unpaired) electrons. The number of aromatic nitrogens is 4. The number of hydrogen-bond donors (Lipinski definition) is 1. The first-order chi connectivity index (χ1) is 18.2. The quantitative estimate of drug-likeness (QED) is 0.375. The normalized spacial score (nSPS) is 29.5. The lowest BCUT2D eigenvalue weighted by Gasteiger charge is -2.51. The zero-order chi connectivity index (χ0) is 28.9. The number of fused-ring (bicyclic) bond motifs is 2. The summed E-state index contributed by atoms with van der Waals surface area (Å²) in [5, 5.41) is 0. The number of imidazole rings is 1. The second kappa shape index (κ2) is 10.9. The van der Waals surface area contributed by atoms with E-state index in [0.717, 1.165) is 0 Å². The van der Waals surface area contributed by atoms with Gasteiger partial charge in [-0.1, -0.05) is 62.3 Å². The van der Waals surface area contributed by atoms with Crippen LogP contribution in [0.3, 0.4) is 0 Å². The van der Waals surface area contributed by atoms with E-state index in [2.05, 4.69) is 70.3 Å². The summed E-state index contributed by atoms with van der Waals surface area (Å²) < 4.78 is 44.9. The molecule has 212 valence electrons. The molecule has 0 spiro atoms. The number of nitrogens with two attached hydrogens (primary N) is 1. The predicted octanol–water partition coefficient (Wildman–Crippen LogP) is 4.58. The Balaban J connectivity index is 1.90. The van der Waals surface area contributed by atoms with Crippen molar-refractivity contribution >= 4 is 40.1 Å². The molecule has 38 heavy (non-hydrogen) atoms. The van der Waals surface area contributed by atoms with Crippen LogP contribution >= 0.6 is 0 Å². The topological polar surface area (TPSA) is 133 Å². The van der Waals surface area contributed by atoms with Crippen molar-refractivity contribution in [3.63, 3.8) is 0 Å². The minimum Gasteiger partial charge on any atom is -0.455 e. The molecule has 2 fully saturated rings. The van der Waals surface area contributed by atoms with Crippen molar-refractivity contribution in [1.82, 2.24) is 19.5 Å². The summed E-state index contributed by atoms with van der Waals surface area (Å²) in [5.41, 5.74) is 7.12. The van der Waals surface area contributed by atoms with E-state index in [1.54, 1.807) is 11.5 Å². The van der Waals surface area contributed by atoms with Crippen molar-refractivity contribution in [3.8, 4) is 0 Å². The number of esters is 1. The third-order valence-electron chi connectivity index (χ3n) is 7.65. The highest BCUT2D eigenvalue weighted by Crippen LogP contribution is 2.49. The van der Waals surface area contributed by atoms with Gasteiger partial charge < -0.3 is 28.2 Å². The van der Waals surface area contributed by atoms with Crippen molar-refractivity contribution in [1.29, 1.82) is 0 Å². The van der Waals surface area contributed by atoms with Crippen molar-refractivity contribution in [2.75, 3.05) is 12.3 Å². The third kappa shape index (κ3) is 4.81. The second-order valence-electron chi connectivity index (χ2n) is 11.4. The Kier molecular flexibility index (Phi) is 7.95. The molecule has 0 aromatic carbocycles. The smallest absolute Gasteiger partial charge is 0.335 e. The van der Waals surface area contributed by atoms with E-state index >= 15 is 0 Å². The molecule has 2 aromatic rings. The zero-order valence-electron chi connectivity index (χ0n) is 24.9. The number of nitrogens with zero attached hydrogens (tertiary/aromatic N) is 4. The van der Waals surface area contributed by atoms with Gasteiger partial charge in [0.05, 0.1) is 14.3 Å². The number of rotatable bonds is 7. The molecular formula is C25H43N5O6Si2. The number of carbonyl (C=O) groups is 1. The van der Waals surface area contributed by atoms with Gasteiger partial charge in [0.2, 0.25) is 0 Å². The Morgan fingerprint density at radius 3 is 2.32 bits per heavy atom. The van der Waals surface area contributed by atoms with Gasteiger partial charge in [-0.25, -0.2) is 15.0 Å². The maximum Gasteiger partial charge on any atom is 0.335 e. The zero-order valence-corrected chi connectivity index (χ0v) is 25.9. The molecule has 4 atom stereocenters. The van der Waals surface area contributed by atoms with Crippen LogP contribution in [0.5, 0.6) is 0 Å². The summed E-state index contributed by atoms with van der Waals surface area (Å²) in [7, 11) is -5.95. The lowest BCUT2D eigenvalue weighted by atomic mass is 10.1. The number of hydrogen-bond acceptors (Lipinski definition) is 10. The summed E-state index contributed by atoms with van der Waals surface area (Å²) in [6.45, 7) is 18.8. The minimum absolute atomic E-state index is 0.0241. The van der Waals surface area contributed by atoms with Crippen LogP contribution in [-0.2, 0) is 27.2 Å². The Morgan fingerprint density at radius 1 is 1.11 bits per heavy atom. The Bertz CT molecular complexity index is 1180. The molecule has 4 rings (SSSR count). The fourth-order valence-corrected chi connectivity index (χ4v) is 16.7. The van der Waals surface area contributed by atoms with Gasteiger partial charge in [-0.15, -0.1) is 0 Å². The Morgan fingerprint density at radius 2 is 1.74 bits per heavy atom. The van der Waals surface area contributed by atoms with Crippen LogP contribution in [0.2, 0.25) is 22.2 Å². The average Bonchev–Trinajstić information content (AvgIpc) is 3.38. The standard InChI is InChI=1S/C25H43N5O6Si2/c1-10-19(31)34-22-21-18(33-25(22)30-13-29-20-23(26)27-12-28-24(20)30)11-32-37(14(2)3,15(4)5)36-38(35-21,16(6)7)17(8)9/h12-18,21-22,25H,10-11H2,1-9H3,(H2,26,27,28)/t18-,21-,22-,25-/m1/s1/i22D. The molecule has 4 heterocycles. The van der Waals surface area contributed by atoms with Crippen LogP contribution < -0.4 is 5.73 Å². The van der Waals surface area contributed by atoms with Gasteiger partial charge >= 0.3 is 23.1 Å². The number of nitrogen functional groups attached to an aromatic ring is 1. The average molecular weight is 567 g/mol. The van der Waals surface area contributed by atoms with Crippen molar-refractivity contribution in [3.05, 3.63) is 12.7 Å².